The molecule has 0 atom stereocenters. The number of hydrogen-bond acceptors (Lipinski definition) is 4. The van der Waals surface area contributed by atoms with E-state index >= 15 is 0 Å². The van der Waals surface area contributed by atoms with E-state index in [9.17, 15) is 4.79 Å². The van der Waals surface area contributed by atoms with Gasteiger partial charge >= 0.3 is 0 Å². The second kappa shape index (κ2) is 9.88. The van der Waals surface area contributed by atoms with Crippen LogP contribution in [0.5, 0.6) is 5.75 Å². The van der Waals surface area contributed by atoms with Gasteiger partial charge in [0.1, 0.15) is 11.4 Å². The normalized spacial score (nSPS) is 14.7. The SMILES string of the molecule is COc1ccc2cc(C(=O)NCCCCN3CCN(c4cccc(C)c4)CC3)[nH]c2c1. The highest BCUT2D eigenvalue weighted by atomic mass is 16.5. The van der Waals surface area contributed by atoms with E-state index in [0.717, 1.165) is 62.2 Å². The molecule has 2 heterocycles. The molecule has 1 aliphatic rings. The Hall–Kier alpha value is -2.99. The second-order valence-electron chi connectivity index (χ2n) is 8.27. The number of aromatic amines is 1. The monoisotopic (exact) mass is 420 g/mol. The number of carbonyl (C=O) groups excluding carboxylic acids is 1. The molecule has 4 rings (SSSR count). The zero-order valence-corrected chi connectivity index (χ0v) is 18.5. The molecule has 0 saturated carbocycles. The minimum absolute atomic E-state index is 0.0538. The maximum Gasteiger partial charge on any atom is 0.267 e. The van der Waals surface area contributed by atoms with Gasteiger partial charge in [0.25, 0.3) is 5.91 Å². The summed E-state index contributed by atoms with van der Waals surface area (Å²) in [6.45, 7) is 8.27. The molecule has 31 heavy (non-hydrogen) atoms. The van der Waals surface area contributed by atoms with Gasteiger partial charge in [-0.25, -0.2) is 0 Å². The molecule has 6 heteroatoms. The summed E-state index contributed by atoms with van der Waals surface area (Å²) in [5, 5.41) is 4.04. The van der Waals surface area contributed by atoms with Gasteiger partial charge in [-0.05, 0) is 62.2 Å². The van der Waals surface area contributed by atoms with E-state index in [-0.39, 0.29) is 5.91 Å². The molecule has 2 aromatic carbocycles. The highest BCUT2D eigenvalue weighted by Crippen LogP contribution is 2.21. The van der Waals surface area contributed by atoms with Gasteiger partial charge in [-0.2, -0.15) is 0 Å². The number of amides is 1. The molecule has 0 unspecified atom stereocenters. The number of benzene rings is 2. The lowest BCUT2D eigenvalue weighted by Crippen LogP contribution is -2.46. The zero-order valence-electron chi connectivity index (χ0n) is 18.5. The fourth-order valence-corrected chi connectivity index (χ4v) is 4.17. The topological polar surface area (TPSA) is 60.6 Å². The van der Waals surface area contributed by atoms with Crippen LogP contribution in [0.4, 0.5) is 5.69 Å². The first kappa shape index (κ1) is 21.2. The number of H-pyrrole nitrogens is 1. The number of unbranched alkanes of at least 4 members (excludes halogenated alkanes) is 1. The van der Waals surface area contributed by atoms with Crippen LogP contribution in [0.3, 0.4) is 0 Å². The molecule has 164 valence electrons. The van der Waals surface area contributed by atoms with Crippen molar-refractivity contribution in [1.82, 2.24) is 15.2 Å². The number of carbonyl (C=O) groups is 1. The highest BCUT2D eigenvalue weighted by molar-refractivity contribution is 5.98. The molecule has 0 aliphatic carbocycles. The number of nitrogens with one attached hydrogen (secondary N) is 2. The summed E-state index contributed by atoms with van der Waals surface area (Å²) in [7, 11) is 1.64. The first-order valence-corrected chi connectivity index (χ1v) is 11.1. The van der Waals surface area contributed by atoms with Gasteiger partial charge in [0.2, 0.25) is 0 Å². The molecule has 6 nitrogen and oxygen atoms in total. The Balaban J connectivity index is 1.15. The molecule has 1 aliphatic heterocycles. The Morgan fingerprint density at radius 3 is 2.68 bits per heavy atom. The van der Waals surface area contributed by atoms with Gasteiger partial charge in [-0.3, -0.25) is 9.69 Å². The van der Waals surface area contributed by atoms with E-state index in [2.05, 4.69) is 51.3 Å². The van der Waals surface area contributed by atoms with Crippen LogP contribution in [-0.4, -0.2) is 62.2 Å². The number of hydrogen-bond donors (Lipinski definition) is 2. The highest BCUT2D eigenvalue weighted by Gasteiger charge is 2.17. The third-order valence-corrected chi connectivity index (χ3v) is 6.00. The Bertz CT molecular complexity index is 1020. The van der Waals surface area contributed by atoms with Crippen LogP contribution >= 0.6 is 0 Å². The van der Waals surface area contributed by atoms with E-state index < -0.39 is 0 Å². The number of rotatable bonds is 8. The van der Waals surface area contributed by atoms with E-state index in [1.807, 2.05) is 24.3 Å². The van der Waals surface area contributed by atoms with Crippen molar-refractivity contribution < 1.29 is 9.53 Å². The van der Waals surface area contributed by atoms with E-state index in [1.165, 1.54) is 11.3 Å². The van der Waals surface area contributed by atoms with Crippen molar-refractivity contribution >= 4 is 22.5 Å². The molecule has 1 saturated heterocycles. The first-order chi connectivity index (χ1) is 15.1. The van der Waals surface area contributed by atoms with Crippen molar-refractivity contribution in [3.05, 3.63) is 59.8 Å². The predicted molar refractivity (Wildman–Crippen MR) is 126 cm³/mol. The van der Waals surface area contributed by atoms with Gasteiger partial charge < -0.3 is 19.9 Å². The number of anilines is 1. The number of piperazine rings is 1. The Morgan fingerprint density at radius 1 is 1.06 bits per heavy atom. The van der Waals surface area contributed by atoms with Gasteiger partial charge in [0.15, 0.2) is 0 Å². The molecule has 1 amide bonds. The average Bonchev–Trinajstić information content (AvgIpc) is 3.22. The Morgan fingerprint density at radius 2 is 1.90 bits per heavy atom. The maximum atomic E-state index is 12.4. The van der Waals surface area contributed by atoms with Crippen molar-refractivity contribution in [1.29, 1.82) is 0 Å². The van der Waals surface area contributed by atoms with Crippen LogP contribution in [0.2, 0.25) is 0 Å². The maximum absolute atomic E-state index is 12.4. The first-order valence-electron chi connectivity index (χ1n) is 11.1. The minimum atomic E-state index is -0.0538. The number of fused-ring (bicyclic) bond motifs is 1. The van der Waals surface area contributed by atoms with Crippen LogP contribution in [0, 0.1) is 6.92 Å². The summed E-state index contributed by atoms with van der Waals surface area (Å²) < 4.78 is 5.24. The van der Waals surface area contributed by atoms with Crippen LogP contribution in [0.15, 0.2) is 48.5 Å². The number of ether oxygens (including phenoxy) is 1. The molecule has 1 fully saturated rings. The van der Waals surface area contributed by atoms with Crippen molar-refractivity contribution in [2.24, 2.45) is 0 Å². The van der Waals surface area contributed by atoms with Crippen molar-refractivity contribution in [2.45, 2.75) is 19.8 Å². The summed E-state index contributed by atoms with van der Waals surface area (Å²) in [6, 6.07) is 16.4. The van der Waals surface area contributed by atoms with Gasteiger partial charge in [-0.15, -0.1) is 0 Å². The average molecular weight is 421 g/mol. The fraction of sp³-hybridized carbons (Fsp3) is 0.400. The fourth-order valence-electron chi connectivity index (χ4n) is 4.17. The lowest BCUT2D eigenvalue weighted by Gasteiger charge is -2.36. The summed E-state index contributed by atoms with van der Waals surface area (Å²) in [6.07, 6.45) is 2.08. The quantitative estimate of drug-likeness (QED) is 0.544. The van der Waals surface area contributed by atoms with E-state index in [0.29, 0.717) is 12.2 Å². The lowest BCUT2D eigenvalue weighted by atomic mass is 10.2. The smallest absolute Gasteiger partial charge is 0.267 e. The lowest BCUT2D eigenvalue weighted by molar-refractivity contribution is 0.0948. The van der Waals surface area contributed by atoms with Crippen LogP contribution < -0.4 is 15.0 Å². The number of aromatic nitrogens is 1. The van der Waals surface area contributed by atoms with Gasteiger partial charge in [-0.1, -0.05) is 12.1 Å². The van der Waals surface area contributed by atoms with Crippen molar-refractivity contribution in [2.75, 3.05) is 51.3 Å². The third kappa shape index (κ3) is 5.39. The van der Waals surface area contributed by atoms with Gasteiger partial charge in [0.05, 0.1) is 7.11 Å². The van der Waals surface area contributed by atoms with Crippen LogP contribution in [0.1, 0.15) is 28.9 Å². The van der Waals surface area contributed by atoms with Crippen molar-refractivity contribution in [3.63, 3.8) is 0 Å². The molecule has 0 bridgehead atoms. The third-order valence-electron chi connectivity index (χ3n) is 6.00. The van der Waals surface area contributed by atoms with Gasteiger partial charge in [0, 0.05) is 55.4 Å². The number of methoxy groups -OCH3 is 1. The molecular weight excluding hydrogens is 388 g/mol. The standard InChI is InChI=1S/C25H32N4O2/c1-19-6-5-7-21(16-19)29-14-12-28(13-15-29)11-4-3-10-26-25(30)24-17-20-8-9-22(31-2)18-23(20)27-24/h5-9,16-18,27H,3-4,10-15H2,1-2H3,(H,26,30). The Kier molecular flexibility index (Phi) is 6.77. The number of nitrogens with zero attached hydrogens (tertiary/aromatic N) is 2. The van der Waals surface area contributed by atoms with Crippen LogP contribution in [-0.2, 0) is 0 Å². The summed E-state index contributed by atoms with van der Waals surface area (Å²) in [4.78, 5) is 20.6. The molecule has 2 N–H and O–H groups in total. The molecule has 0 spiro atoms. The van der Waals surface area contributed by atoms with Crippen molar-refractivity contribution in [3.8, 4) is 5.75 Å². The Labute approximate surface area is 184 Å². The minimum Gasteiger partial charge on any atom is -0.497 e. The zero-order chi connectivity index (χ0) is 21.6. The van der Waals surface area contributed by atoms with E-state index in [4.69, 9.17) is 4.74 Å². The summed E-state index contributed by atoms with van der Waals surface area (Å²) >= 11 is 0. The summed E-state index contributed by atoms with van der Waals surface area (Å²) in [5.74, 6) is 0.725. The van der Waals surface area contributed by atoms with E-state index in [1.54, 1.807) is 7.11 Å². The summed E-state index contributed by atoms with van der Waals surface area (Å²) in [5.41, 5.74) is 4.15. The second-order valence-corrected chi connectivity index (χ2v) is 8.27. The molecule has 3 aromatic rings. The predicted octanol–water partition coefficient (Wildman–Crippen LogP) is 3.82. The van der Waals surface area contributed by atoms with Crippen LogP contribution in [0.25, 0.3) is 10.9 Å². The largest absolute Gasteiger partial charge is 0.497 e. The molecule has 0 radical (unpaired) electrons. The molecular formula is C25H32N4O2. The molecule has 1 aromatic heterocycles. The number of aryl methyl sites for hydroxylation is 1.